The average Bonchev–Trinajstić information content (AvgIpc) is 2.74. The van der Waals surface area contributed by atoms with Crippen LogP contribution in [-0.4, -0.2) is 17.5 Å². The van der Waals surface area contributed by atoms with Crippen LogP contribution >= 0.6 is 11.8 Å². The minimum absolute atomic E-state index is 0.177. The van der Waals surface area contributed by atoms with Gasteiger partial charge in [0.05, 0.1) is 0 Å². The Balaban J connectivity index is 2.00. The minimum Gasteiger partial charge on any atom is -0.309 e. The lowest BCUT2D eigenvalue weighted by atomic mass is 10.1. The maximum absolute atomic E-state index is 13.3. The van der Waals surface area contributed by atoms with E-state index in [1.54, 1.807) is 0 Å². The molecule has 0 amide bonds. The van der Waals surface area contributed by atoms with Crippen molar-refractivity contribution < 1.29 is 13.2 Å². The van der Waals surface area contributed by atoms with Crippen LogP contribution in [0.15, 0.2) is 12.1 Å². The van der Waals surface area contributed by atoms with Crippen molar-refractivity contribution in [2.45, 2.75) is 19.0 Å². The molecule has 1 unspecified atom stereocenters. The summed E-state index contributed by atoms with van der Waals surface area (Å²) in [6.45, 7) is 0.244. The van der Waals surface area contributed by atoms with Crippen molar-refractivity contribution in [3.05, 3.63) is 35.1 Å². The summed E-state index contributed by atoms with van der Waals surface area (Å²) in [6.07, 6.45) is 1.04. The molecule has 1 aliphatic rings. The molecule has 1 fully saturated rings. The monoisotopic (exact) mass is 247 g/mol. The number of hydrogen-bond acceptors (Lipinski definition) is 2. The predicted octanol–water partition coefficient (Wildman–Crippen LogP) is 2.70. The number of benzene rings is 1. The van der Waals surface area contributed by atoms with Gasteiger partial charge in [-0.25, -0.2) is 13.2 Å². The summed E-state index contributed by atoms with van der Waals surface area (Å²) in [5.41, 5.74) is 0.177. The number of nitrogens with one attached hydrogen (secondary N) is 1. The fourth-order valence-corrected chi connectivity index (χ4v) is 2.84. The Morgan fingerprint density at radius 1 is 1.19 bits per heavy atom. The summed E-state index contributed by atoms with van der Waals surface area (Å²) in [4.78, 5) is 0. The summed E-state index contributed by atoms with van der Waals surface area (Å²) < 4.78 is 38.8. The molecular weight excluding hydrogens is 235 g/mol. The highest BCUT2D eigenvalue weighted by Gasteiger charge is 2.16. The molecule has 0 aliphatic carbocycles. The Morgan fingerprint density at radius 2 is 1.94 bits per heavy atom. The van der Waals surface area contributed by atoms with Crippen molar-refractivity contribution in [3.8, 4) is 0 Å². The van der Waals surface area contributed by atoms with E-state index in [0.717, 1.165) is 24.0 Å². The summed E-state index contributed by atoms with van der Waals surface area (Å²) in [5.74, 6) is -0.753. The quantitative estimate of drug-likeness (QED) is 0.824. The van der Waals surface area contributed by atoms with Gasteiger partial charge in [-0.2, -0.15) is 11.8 Å². The normalized spacial score (nSPS) is 20.3. The van der Waals surface area contributed by atoms with Crippen LogP contribution in [0.5, 0.6) is 0 Å². The van der Waals surface area contributed by atoms with E-state index in [1.165, 1.54) is 0 Å². The molecule has 1 atom stereocenters. The molecule has 0 aromatic heterocycles. The van der Waals surface area contributed by atoms with Crippen LogP contribution in [0.25, 0.3) is 0 Å². The van der Waals surface area contributed by atoms with Crippen molar-refractivity contribution in [2.24, 2.45) is 0 Å². The Kier molecular flexibility index (Phi) is 3.76. The van der Waals surface area contributed by atoms with Crippen molar-refractivity contribution in [3.63, 3.8) is 0 Å². The zero-order chi connectivity index (χ0) is 11.5. The predicted molar refractivity (Wildman–Crippen MR) is 58.9 cm³/mol. The molecule has 0 bridgehead atoms. The fourth-order valence-electron chi connectivity index (χ4n) is 1.65. The van der Waals surface area contributed by atoms with E-state index in [0.29, 0.717) is 12.1 Å². The van der Waals surface area contributed by atoms with Crippen LogP contribution in [-0.2, 0) is 6.54 Å². The molecule has 0 saturated carbocycles. The minimum atomic E-state index is -1.14. The van der Waals surface area contributed by atoms with Crippen LogP contribution < -0.4 is 5.32 Å². The number of hydrogen-bond donors (Lipinski definition) is 1. The lowest BCUT2D eigenvalue weighted by Gasteiger charge is -2.11. The molecule has 1 N–H and O–H groups in total. The molecular formula is C11H12F3NS. The van der Waals surface area contributed by atoms with Crippen molar-refractivity contribution >= 4 is 11.8 Å². The second-order valence-corrected chi connectivity index (χ2v) is 4.95. The van der Waals surface area contributed by atoms with Gasteiger partial charge >= 0.3 is 0 Å². The van der Waals surface area contributed by atoms with Crippen LogP contribution in [0.2, 0.25) is 0 Å². The summed E-state index contributed by atoms with van der Waals surface area (Å²) in [5, 5.41) is 3.14. The van der Waals surface area contributed by atoms with Gasteiger partial charge in [-0.3, -0.25) is 0 Å². The highest BCUT2D eigenvalue weighted by molar-refractivity contribution is 7.99. The Hall–Kier alpha value is -0.680. The molecule has 5 heteroatoms. The van der Waals surface area contributed by atoms with Crippen LogP contribution in [0.3, 0.4) is 0 Å². The highest BCUT2D eigenvalue weighted by Crippen LogP contribution is 2.18. The van der Waals surface area contributed by atoms with Gasteiger partial charge in [0.25, 0.3) is 0 Å². The maximum Gasteiger partial charge on any atom is 0.161 e. The van der Waals surface area contributed by atoms with Gasteiger partial charge in [0, 0.05) is 30.0 Å². The lowest BCUT2D eigenvalue weighted by molar-refractivity contribution is 0.481. The van der Waals surface area contributed by atoms with Gasteiger partial charge in [0.15, 0.2) is 11.6 Å². The van der Waals surface area contributed by atoms with Gasteiger partial charge < -0.3 is 5.32 Å². The Labute approximate surface area is 96.4 Å². The van der Waals surface area contributed by atoms with Crippen LogP contribution in [0.1, 0.15) is 12.0 Å². The molecule has 1 aromatic rings. The SMILES string of the molecule is Fc1cc(F)c(CNC2CCSC2)cc1F. The van der Waals surface area contributed by atoms with Gasteiger partial charge in [-0.1, -0.05) is 0 Å². The zero-order valence-electron chi connectivity index (χ0n) is 8.60. The van der Waals surface area contributed by atoms with Crippen LogP contribution in [0.4, 0.5) is 13.2 Å². The third-order valence-electron chi connectivity index (χ3n) is 2.60. The number of halogens is 3. The number of rotatable bonds is 3. The van der Waals surface area contributed by atoms with Crippen LogP contribution in [0, 0.1) is 17.5 Å². The first kappa shape index (κ1) is 11.8. The first-order valence-corrected chi connectivity index (χ1v) is 6.27. The molecule has 0 radical (unpaired) electrons. The molecule has 1 heterocycles. The summed E-state index contributed by atoms with van der Waals surface area (Å²) in [6, 6.07) is 1.85. The molecule has 16 heavy (non-hydrogen) atoms. The molecule has 0 spiro atoms. The maximum atomic E-state index is 13.3. The van der Waals surface area contributed by atoms with E-state index in [4.69, 9.17) is 0 Å². The largest absolute Gasteiger partial charge is 0.309 e. The highest BCUT2D eigenvalue weighted by atomic mass is 32.2. The first-order chi connectivity index (χ1) is 7.66. The van der Waals surface area contributed by atoms with Crippen molar-refractivity contribution in [1.82, 2.24) is 5.32 Å². The Morgan fingerprint density at radius 3 is 2.62 bits per heavy atom. The first-order valence-electron chi connectivity index (χ1n) is 5.11. The van der Waals surface area contributed by atoms with Gasteiger partial charge in [0.2, 0.25) is 0 Å². The van der Waals surface area contributed by atoms with E-state index in [2.05, 4.69) is 5.32 Å². The van der Waals surface area contributed by atoms with Gasteiger partial charge in [0.1, 0.15) is 5.82 Å². The topological polar surface area (TPSA) is 12.0 Å². The smallest absolute Gasteiger partial charge is 0.161 e. The lowest BCUT2D eigenvalue weighted by Crippen LogP contribution is -2.28. The standard InChI is InChI=1S/C11H12F3NS/c12-9-4-11(14)10(13)3-7(9)5-15-8-1-2-16-6-8/h3-4,8,15H,1-2,5-6H2. The van der Waals surface area contributed by atoms with Gasteiger partial charge in [-0.05, 0) is 18.2 Å². The third kappa shape index (κ3) is 2.71. The summed E-state index contributed by atoms with van der Waals surface area (Å²) >= 11 is 1.84. The Bertz CT molecular complexity index is 378. The molecule has 88 valence electrons. The summed E-state index contributed by atoms with van der Waals surface area (Å²) in [7, 11) is 0. The average molecular weight is 247 g/mol. The van der Waals surface area contributed by atoms with Crippen molar-refractivity contribution in [1.29, 1.82) is 0 Å². The zero-order valence-corrected chi connectivity index (χ0v) is 9.42. The molecule has 1 aromatic carbocycles. The third-order valence-corrected chi connectivity index (χ3v) is 3.76. The molecule has 1 aliphatic heterocycles. The van der Waals surface area contributed by atoms with E-state index < -0.39 is 17.5 Å². The van der Waals surface area contributed by atoms with E-state index >= 15 is 0 Å². The van der Waals surface area contributed by atoms with E-state index in [-0.39, 0.29) is 12.1 Å². The fraction of sp³-hybridized carbons (Fsp3) is 0.455. The van der Waals surface area contributed by atoms with E-state index in [9.17, 15) is 13.2 Å². The molecule has 2 rings (SSSR count). The second kappa shape index (κ2) is 5.10. The number of thioether (sulfide) groups is 1. The van der Waals surface area contributed by atoms with Gasteiger partial charge in [-0.15, -0.1) is 0 Å². The second-order valence-electron chi connectivity index (χ2n) is 3.80. The van der Waals surface area contributed by atoms with E-state index in [1.807, 2.05) is 11.8 Å². The molecule has 1 nitrogen and oxygen atoms in total. The molecule has 1 saturated heterocycles. The van der Waals surface area contributed by atoms with Crippen molar-refractivity contribution in [2.75, 3.05) is 11.5 Å².